The van der Waals surface area contributed by atoms with Gasteiger partial charge in [0.2, 0.25) is 0 Å². The van der Waals surface area contributed by atoms with Crippen LogP contribution in [0.3, 0.4) is 0 Å². The Morgan fingerprint density at radius 3 is 2.12 bits per heavy atom. The summed E-state index contributed by atoms with van der Waals surface area (Å²) in [5, 5.41) is 0. The fourth-order valence-corrected chi connectivity index (χ4v) is 2.83. The molecule has 0 saturated carbocycles. The third kappa shape index (κ3) is 6.52. The highest BCUT2D eigenvalue weighted by Gasteiger charge is 2.18. The largest absolute Gasteiger partial charge is 0.306 e. The maximum Gasteiger partial charge on any atom is 0.000708 e. The summed E-state index contributed by atoms with van der Waals surface area (Å²) >= 11 is 0. The second-order valence-electron chi connectivity index (χ2n) is 5.68. The molecule has 16 heavy (non-hydrogen) atoms. The van der Waals surface area contributed by atoms with Gasteiger partial charge in [-0.1, -0.05) is 58.3 Å². The van der Waals surface area contributed by atoms with Gasteiger partial charge < -0.3 is 4.90 Å². The minimum absolute atomic E-state index is 1.02. The number of hydrogen-bond acceptors (Lipinski definition) is 1. The lowest BCUT2D eigenvalue weighted by molar-refractivity contribution is 0.381. The van der Waals surface area contributed by atoms with Gasteiger partial charge in [0.05, 0.1) is 0 Å². The topological polar surface area (TPSA) is 3.24 Å². The molecular weight excluding hydrogens is 194 g/mol. The van der Waals surface area contributed by atoms with Crippen molar-refractivity contribution in [2.45, 2.75) is 71.1 Å². The van der Waals surface area contributed by atoms with Crippen molar-refractivity contribution in [1.82, 2.24) is 4.90 Å². The van der Waals surface area contributed by atoms with Crippen molar-refractivity contribution < 1.29 is 0 Å². The molecule has 1 aliphatic rings. The summed E-state index contributed by atoms with van der Waals surface area (Å²) in [7, 11) is 2.26. The third-order valence-corrected chi connectivity index (χ3v) is 3.95. The van der Waals surface area contributed by atoms with Crippen LogP contribution < -0.4 is 0 Å². The smallest absolute Gasteiger partial charge is 0.000708 e. The number of rotatable bonds is 9. The molecule has 1 nitrogen and oxygen atoms in total. The standard InChI is InChI=1S/C15H31N/c1-3-4-5-6-7-8-9-10-11-15-12-13-16(2)14-15/h15H,3-14H2,1-2H3. The van der Waals surface area contributed by atoms with E-state index in [4.69, 9.17) is 0 Å². The molecular formula is C15H31N. The predicted octanol–water partition coefficient (Wildman–Crippen LogP) is 4.47. The maximum atomic E-state index is 2.48. The van der Waals surface area contributed by atoms with E-state index in [1.54, 1.807) is 0 Å². The lowest BCUT2D eigenvalue weighted by Gasteiger charge is -2.09. The van der Waals surface area contributed by atoms with Gasteiger partial charge in [-0.15, -0.1) is 0 Å². The van der Waals surface area contributed by atoms with E-state index in [2.05, 4.69) is 18.9 Å². The van der Waals surface area contributed by atoms with Crippen molar-refractivity contribution in [3.63, 3.8) is 0 Å². The van der Waals surface area contributed by atoms with Gasteiger partial charge in [0, 0.05) is 6.54 Å². The highest BCUT2D eigenvalue weighted by atomic mass is 15.1. The number of likely N-dealkylation sites (tertiary alicyclic amines) is 1. The minimum atomic E-state index is 1.02. The first-order valence-corrected chi connectivity index (χ1v) is 7.51. The fourth-order valence-electron chi connectivity index (χ4n) is 2.83. The first-order chi connectivity index (χ1) is 7.83. The summed E-state index contributed by atoms with van der Waals surface area (Å²) in [6, 6.07) is 0. The zero-order valence-electron chi connectivity index (χ0n) is 11.5. The summed E-state index contributed by atoms with van der Waals surface area (Å²) in [6.45, 7) is 4.98. The van der Waals surface area contributed by atoms with Crippen LogP contribution in [0.15, 0.2) is 0 Å². The molecule has 0 aromatic carbocycles. The average molecular weight is 225 g/mol. The Morgan fingerprint density at radius 2 is 1.56 bits per heavy atom. The van der Waals surface area contributed by atoms with Gasteiger partial charge in [-0.05, 0) is 32.4 Å². The Hall–Kier alpha value is -0.0400. The summed E-state index contributed by atoms with van der Waals surface area (Å²) < 4.78 is 0. The highest BCUT2D eigenvalue weighted by molar-refractivity contribution is 4.72. The van der Waals surface area contributed by atoms with Crippen LogP contribution in [0.25, 0.3) is 0 Å². The van der Waals surface area contributed by atoms with Crippen molar-refractivity contribution in [2.75, 3.05) is 20.1 Å². The highest BCUT2D eigenvalue weighted by Crippen LogP contribution is 2.21. The molecule has 0 aromatic heterocycles. The molecule has 0 radical (unpaired) electrons. The second-order valence-corrected chi connectivity index (χ2v) is 5.68. The van der Waals surface area contributed by atoms with E-state index in [0.29, 0.717) is 0 Å². The van der Waals surface area contributed by atoms with Crippen LogP contribution in [0, 0.1) is 5.92 Å². The summed E-state index contributed by atoms with van der Waals surface area (Å²) in [5.41, 5.74) is 0. The molecule has 1 rings (SSSR count). The van der Waals surface area contributed by atoms with E-state index >= 15 is 0 Å². The van der Waals surface area contributed by atoms with Crippen molar-refractivity contribution in [1.29, 1.82) is 0 Å². The van der Waals surface area contributed by atoms with Crippen LogP contribution >= 0.6 is 0 Å². The van der Waals surface area contributed by atoms with Gasteiger partial charge >= 0.3 is 0 Å². The molecule has 1 fully saturated rings. The van der Waals surface area contributed by atoms with Crippen LogP contribution in [0.2, 0.25) is 0 Å². The quantitative estimate of drug-likeness (QED) is 0.523. The fraction of sp³-hybridized carbons (Fsp3) is 1.00. The molecule has 1 heteroatoms. The Labute approximate surface area is 103 Å². The first-order valence-electron chi connectivity index (χ1n) is 7.51. The second kappa shape index (κ2) is 9.04. The zero-order chi connectivity index (χ0) is 11.6. The van der Waals surface area contributed by atoms with Gasteiger partial charge in [-0.2, -0.15) is 0 Å². The van der Waals surface area contributed by atoms with E-state index in [1.165, 1.54) is 77.3 Å². The molecule has 0 amide bonds. The Balaban J connectivity index is 1.78. The molecule has 0 N–H and O–H groups in total. The molecule has 1 saturated heterocycles. The van der Waals surface area contributed by atoms with E-state index in [9.17, 15) is 0 Å². The van der Waals surface area contributed by atoms with Gasteiger partial charge in [-0.3, -0.25) is 0 Å². The number of hydrogen-bond donors (Lipinski definition) is 0. The van der Waals surface area contributed by atoms with Crippen LogP contribution in [0.1, 0.15) is 71.1 Å². The summed E-state index contributed by atoms with van der Waals surface area (Å²) in [6.07, 6.45) is 14.6. The van der Waals surface area contributed by atoms with Crippen LogP contribution in [0.5, 0.6) is 0 Å². The molecule has 1 atom stereocenters. The molecule has 1 heterocycles. The van der Waals surface area contributed by atoms with Crippen molar-refractivity contribution in [3.05, 3.63) is 0 Å². The summed E-state index contributed by atoms with van der Waals surface area (Å²) in [5.74, 6) is 1.02. The molecule has 1 aliphatic heterocycles. The van der Waals surface area contributed by atoms with Crippen molar-refractivity contribution in [2.24, 2.45) is 5.92 Å². The van der Waals surface area contributed by atoms with Crippen LogP contribution in [-0.4, -0.2) is 25.0 Å². The minimum Gasteiger partial charge on any atom is -0.306 e. The van der Waals surface area contributed by atoms with Gasteiger partial charge in [0.15, 0.2) is 0 Å². The Kier molecular flexibility index (Phi) is 7.92. The number of nitrogens with zero attached hydrogens (tertiary/aromatic N) is 1. The maximum absolute atomic E-state index is 2.48. The van der Waals surface area contributed by atoms with Gasteiger partial charge in [-0.25, -0.2) is 0 Å². The van der Waals surface area contributed by atoms with E-state index < -0.39 is 0 Å². The Morgan fingerprint density at radius 1 is 0.938 bits per heavy atom. The lowest BCUT2D eigenvalue weighted by Crippen LogP contribution is -2.13. The molecule has 0 aliphatic carbocycles. The van der Waals surface area contributed by atoms with Crippen molar-refractivity contribution >= 4 is 0 Å². The average Bonchev–Trinajstić information content (AvgIpc) is 2.68. The van der Waals surface area contributed by atoms with E-state index in [-0.39, 0.29) is 0 Å². The Bertz CT molecular complexity index is 156. The number of unbranched alkanes of at least 4 members (excludes halogenated alkanes) is 7. The first kappa shape index (κ1) is 14.0. The molecule has 0 aromatic rings. The van der Waals surface area contributed by atoms with Crippen LogP contribution in [0.4, 0.5) is 0 Å². The summed E-state index contributed by atoms with van der Waals surface area (Å²) in [4.78, 5) is 2.48. The molecule has 0 spiro atoms. The van der Waals surface area contributed by atoms with E-state index in [1.807, 2.05) is 0 Å². The molecule has 96 valence electrons. The monoisotopic (exact) mass is 225 g/mol. The molecule has 0 bridgehead atoms. The van der Waals surface area contributed by atoms with Crippen LogP contribution in [-0.2, 0) is 0 Å². The van der Waals surface area contributed by atoms with E-state index in [0.717, 1.165) is 5.92 Å². The normalized spacial score (nSPS) is 21.8. The zero-order valence-corrected chi connectivity index (χ0v) is 11.5. The SMILES string of the molecule is CCCCCCCCCCC1CCN(C)C1. The van der Waals surface area contributed by atoms with Gasteiger partial charge in [0.25, 0.3) is 0 Å². The van der Waals surface area contributed by atoms with Crippen molar-refractivity contribution in [3.8, 4) is 0 Å². The lowest BCUT2D eigenvalue weighted by atomic mass is 9.99. The van der Waals surface area contributed by atoms with Gasteiger partial charge in [0.1, 0.15) is 0 Å². The molecule has 1 unspecified atom stereocenters. The third-order valence-electron chi connectivity index (χ3n) is 3.95. The predicted molar refractivity (Wildman–Crippen MR) is 72.8 cm³/mol.